The van der Waals surface area contributed by atoms with Gasteiger partial charge in [-0.15, -0.1) is 11.3 Å². The first kappa shape index (κ1) is 18.2. The van der Waals surface area contributed by atoms with E-state index < -0.39 is 6.10 Å². The van der Waals surface area contributed by atoms with Crippen molar-refractivity contribution in [3.8, 4) is 16.3 Å². The summed E-state index contributed by atoms with van der Waals surface area (Å²) in [7, 11) is 1.69. The van der Waals surface area contributed by atoms with Crippen LogP contribution in [0.2, 0.25) is 0 Å². The van der Waals surface area contributed by atoms with Gasteiger partial charge in [0.1, 0.15) is 10.8 Å². The van der Waals surface area contributed by atoms with E-state index in [2.05, 4.69) is 15.0 Å². The molecule has 0 saturated heterocycles. The van der Waals surface area contributed by atoms with Crippen molar-refractivity contribution in [2.45, 2.75) is 39.1 Å². The molecule has 7 heteroatoms. The lowest BCUT2D eigenvalue weighted by Gasteiger charge is -2.18. The van der Waals surface area contributed by atoms with Crippen LogP contribution in [0.15, 0.2) is 36.5 Å². The molecule has 1 N–H and O–H groups in total. The van der Waals surface area contributed by atoms with Crippen LogP contribution in [-0.2, 0) is 19.6 Å². The van der Waals surface area contributed by atoms with Crippen LogP contribution in [0.25, 0.3) is 10.6 Å². The summed E-state index contributed by atoms with van der Waals surface area (Å²) >= 11 is 1.71. The van der Waals surface area contributed by atoms with Crippen LogP contribution in [0.5, 0.6) is 5.75 Å². The van der Waals surface area contributed by atoms with E-state index in [4.69, 9.17) is 4.74 Å². The van der Waals surface area contributed by atoms with E-state index in [0.29, 0.717) is 0 Å². The molecule has 1 aromatic carbocycles. The Kier molecular flexibility index (Phi) is 5.24. The third-order valence-corrected chi connectivity index (χ3v) is 5.83. The molecule has 1 aliphatic heterocycles. The van der Waals surface area contributed by atoms with Crippen molar-refractivity contribution in [1.29, 1.82) is 0 Å². The number of nitrogens with zero attached hydrogens (tertiary/aromatic N) is 4. The molecule has 0 saturated carbocycles. The molecule has 142 valence electrons. The minimum absolute atomic E-state index is 0.525. The third kappa shape index (κ3) is 3.90. The molecule has 0 bridgehead atoms. The molecule has 0 fully saturated rings. The molecule has 0 radical (unpaired) electrons. The minimum atomic E-state index is -0.525. The van der Waals surface area contributed by atoms with E-state index in [1.165, 1.54) is 4.88 Å². The number of aromatic nitrogens is 3. The number of aliphatic hydroxyl groups is 1. The molecule has 27 heavy (non-hydrogen) atoms. The van der Waals surface area contributed by atoms with Crippen molar-refractivity contribution in [1.82, 2.24) is 19.7 Å². The van der Waals surface area contributed by atoms with Crippen molar-refractivity contribution in [2.24, 2.45) is 0 Å². The zero-order chi connectivity index (χ0) is 18.8. The Labute approximate surface area is 163 Å². The van der Waals surface area contributed by atoms with Gasteiger partial charge in [-0.1, -0.05) is 12.1 Å². The van der Waals surface area contributed by atoms with Crippen LogP contribution in [0, 0.1) is 0 Å². The molecule has 0 aliphatic carbocycles. The molecule has 3 heterocycles. The summed E-state index contributed by atoms with van der Waals surface area (Å²) < 4.78 is 7.50. The number of benzene rings is 1. The number of aryl methyl sites for hydroxylation is 1. The SMILES string of the molecule is COc1ccccc1-c1ncc(CN2CCCn3nc(C(C)O)cc3C2)s1. The fourth-order valence-corrected chi connectivity index (χ4v) is 4.42. The fourth-order valence-electron chi connectivity index (χ4n) is 3.44. The fraction of sp³-hybridized carbons (Fsp3) is 0.400. The number of hydrogen-bond donors (Lipinski definition) is 1. The Morgan fingerprint density at radius 1 is 1.30 bits per heavy atom. The maximum Gasteiger partial charge on any atom is 0.129 e. The molecule has 6 nitrogen and oxygen atoms in total. The number of para-hydroxylation sites is 1. The highest BCUT2D eigenvalue weighted by Gasteiger charge is 2.19. The van der Waals surface area contributed by atoms with Crippen LogP contribution < -0.4 is 4.74 Å². The predicted molar refractivity (Wildman–Crippen MR) is 106 cm³/mol. The summed E-state index contributed by atoms with van der Waals surface area (Å²) in [6.07, 6.45) is 2.49. The third-order valence-electron chi connectivity index (χ3n) is 4.81. The quantitative estimate of drug-likeness (QED) is 0.730. The number of hydrogen-bond acceptors (Lipinski definition) is 6. The number of thiazole rings is 1. The Morgan fingerprint density at radius 2 is 2.15 bits per heavy atom. The van der Waals surface area contributed by atoms with E-state index >= 15 is 0 Å². The van der Waals surface area contributed by atoms with Gasteiger partial charge in [-0.3, -0.25) is 9.58 Å². The Hall–Kier alpha value is -2.22. The van der Waals surface area contributed by atoms with Crippen molar-refractivity contribution in [3.63, 3.8) is 0 Å². The predicted octanol–water partition coefficient (Wildman–Crippen LogP) is 3.47. The summed E-state index contributed by atoms with van der Waals surface area (Å²) in [4.78, 5) is 8.28. The highest BCUT2D eigenvalue weighted by molar-refractivity contribution is 7.15. The lowest BCUT2D eigenvalue weighted by Crippen LogP contribution is -2.22. The summed E-state index contributed by atoms with van der Waals surface area (Å²) in [5, 5.41) is 15.3. The summed E-state index contributed by atoms with van der Waals surface area (Å²) in [6.45, 7) is 5.38. The number of aliphatic hydroxyl groups excluding tert-OH is 1. The molecule has 1 aliphatic rings. The van der Waals surface area contributed by atoms with E-state index in [9.17, 15) is 5.11 Å². The van der Waals surface area contributed by atoms with Gasteiger partial charge < -0.3 is 9.84 Å². The zero-order valence-corrected chi connectivity index (χ0v) is 16.4. The van der Waals surface area contributed by atoms with Gasteiger partial charge in [0.25, 0.3) is 0 Å². The maximum atomic E-state index is 9.79. The van der Waals surface area contributed by atoms with Crippen LogP contribution in [0.3, 0.4) is 0 Å². The Balaban J connectivity index is 1.50. The van der Waals surface area contributed by atoms with E-state index in [1.54, 1.807) is 25.4 Å². The lowest BCUT2D eigenvalue weighted by atomic mass is 10.2. The zero-order valence-electron chi connectivity index (χ0n) is 15.6. The van der Waals surface area contributed by atoms with Gasteiger partial charge in [0.05, 0.1) is 30.2 Å². The van der Waals surface area contributed by atoms with Crippen LogP contribution in [0.4, 0.5) is 0 Å². The van der Waals surface area contributed by atoms with Gasteiger partial charge in [-0.2, -0.15) is 5.10 Å². The Bertz CT molecular complexity index is 918. The molecule has 4 rings (SSSR count). The largest absolute Gasteiger partial charge is 0.496 e. The summed E-state index contributed by atoms with van der Waals surface area (Å²) in [5.74, 6) is 0.850. The highest BCUT2D eigenvalue weighted by Crippen LogP contribution is 2.33. The second-order valence-electron chi connectivity index (χ2n) is 6.86. The number of rotatable bonds is 5. The van der Waals surface area contributed by atoms with Crippen molar-refractivity contribution in [3.05, 3.63) is 52.8 Å². The van der Waals surface area contributed by atoms with E-state index in [0.717, 1.165) is 60.3 Å². The van der Waals surface area contributed by atoms with Gasteiger partial charge in [0.2, 0.25) is 0 Å². The van der Waals surface area contributed by atoms with Crippen molar-refractivity contribution >= 4 is 11.3 Å². The average Bonchev–Trinajstić information content (AvgIpc) is 3.25. The highest BCUT2D eigenvalue weighted by atomic mass is 32.1. The van der Waals surface area contributed by atoms with E-state index in [-0.39, 0.29) is 0 Å². The first-order valence-electron chi connectivity index (χ1n) is 9.19. The maximum absolute atomic E-state index is 9.79. The van der Waals surface area contributed by atoms with Gasteiger partial charge in [0.15, 0.2) is 0 Å². The molecule has 3 aromatic rings. The second kappa shape index (κ2) is 7.80. The second-order valence-corrected chi connectivity index (χ2v) is 7.97. The Morgan fingerprint density at radius 3 is 2.96 bits per heavy atom. The molecule has 2 aromatic heterocycles. The average molecular weight is 385 g/mol. The van der Waals surface area contributed by atoms with Crippen LogP contribution in [-0.4, -0.2) is 38.4 Å². The normalized spacial score (nSPS) is 16.0. The lowest BCUT2D eigenvalue weighted by molar-refractivity contribution is 0.193. The number of methoxy groups -OCH3 is 1. The number of ether oxygens (including phenoxy) is 1. The first-order valence-corrected chi connectivity index (χ1v) is 10.0. The van der Waals surface area contributed by atoms with Crippen molar-refractivity contribution in [2.75, 3.05) is 13.7 Å². The standard InChI is InChI=1S/C20H24N4O2S/c1-14(25)18-10-15-12-23(8-5-9-24(15)22-18)13-16-11-21-20(27-16)17-6-3-4-7-19(17)26-2/h3-4,6-7,10-11,14,25H,5,8-9,12-13H2,1-2H3. The van der Waals surface area contributed by atoms with Gasteiger partial charge >= 0.3 is 0 Å². The minimum Gasteiger partial charge on any atom is -0.496 e. The summed E-state index contributed by atoms with van der Waals surface area (Å²) in [6, 6.07) is 10.0. The van der Waals surface area contributed by atoms with Gasteiger partial charge in [-0.05, 0) is 31.5 Å². The number of fused-ring (bicyclic) bond motifs is 1. The molecule has 0 spiro atoms. The first-order chi connectivity index (χ1) is 13.1. The molecule has 1 unspecified atom stereocenters. The van der Waals surface area contributed by atoms with E-state index in [1.807, 2.05) is 41.2 Å². The molecule has 1 atom stereocenters. The van der Waals surface area contributed by atoms with Crippen LogP contribution in [0.1, 0.15) is 35.7 Å². The smallest absolute Gasteiger partial charge is 0.129 e. The van der Waals surface area contributed by atoms with Crippen LogP contribution >= 0.6 is 11.3 Å². The molecular weight excluding hydrogens is 360 g/mol. The topological polar surface area (TPSA) is 63.4 Å². The van der Waals surface area contributed by atoms with Gasteiger partial charge in [-0.25, -0.2) is 4.98 Å². The molecule has 0 amide bonds. The van der Waals surface area contributed by atoms with Gasteiger partial charge in [0, 0.05) is 37.3 Å². The summed E-state index contributed by atoms with van der Waals surface area (Å²) in [5.41, 5.74) is 2.95. The molecular formula is C20H24N4O2S. The monoisotopic (exact) mass is 384 g/mol. The van der Waals surface area contributed by atoms with Crippen molar-refractivity contribution < 1.29 is 9.84 Å².